The van der Waals surface area contributed by atoms with Gasteiger partial charge in [-0.1, -0.05) is 48.5 Å². The first-order chi connectivity index (χ1) is 12.8. The summed E-state index contributed by atoms with van der Waals surface area (Å²) < 4.78 is 5.77. The highest BCUT2D eigenvalue weighted by atomic mass is 127. The van der Waals surface area contributed by atoms with Crippen molar-refractivity contribution in [2.45, 2.75) is 31.7 Å². The predicted molar refractivity (Wildman–Crippen MR) is 121 cm³/mol. The normalized spacial score (nSPS) is 23.4. The van der Waals surface area contributed by atoms with Crippen molar-refractivity contribution in [1.29, 1.82) is 0 Å². The van der Waals surface area contributed by atoms with Crippen molar-refractivity contribution in [2.75, 3.05) is 19.7 Å². The Morgan fingerprint density at radius 2 is 1.89 bits per heavy atom. The summed E-state index contributed by atoms with van der Waals surface area (Å²) in [5, 5.41) is 7.01. The van der Waals surface area contributed by atoms with E-state index in [-0.39, 0.29) is 30.0 Å². The van der Waals surface area contributed by atoms with E-state index in [2.05, 4.69) is 60.0 Å². The minimum absolute atomic E-state index is 0. The van der Waals surface area contributed by atoms with Crippen LogP contribution in [0.15, 0.2) is 59.6 Å². The second kappa shape index (κ2) is 9.44. The Hall–Kier alpha value is -1.76. The Kier molecular flexibility index (Phi) is 6.99. The molecule has 5 heteroatoms. The second-order valence-corrected chi connectivity index (χ2v) is 7.10. The van der Waals surface area contributed by atoms with Crippen molar-refractivity contribution in [3.8, 4) is 5.75 Å². The lowest BCUT2D eigenvalue weighted by molar-refractivity contribution is 0.261. The van der Waals surface area contributed by atoms with Crippen molar-refractivity contribution in [3.05, 3.63) is 65.7 Å². The van der Waals surface area contributed by atoms with Crippen LogP contribution in [-0.4, -0.2) is 25.7 Å². The fourth-order valence-corrected chi connectivity index (χ4v) is 3.74. The van der Waals surface area contributed by atoms with Gasteiger partial charge < -0.3 is 15.4 Å². The van der Waals surface area contributed by atoms with Gasteiger partial charge >= 0.3 is 0 Å². The standard InChI is InChI=1S/C22H27N3O.HI/c1-2-23-22(24-15-17-14-19(17)16-8-4-3-5-9-16)25-20-12-13-26-21-11-7-6-10-18(20)21;/h3-11,17,19-20H,2,12-15H2,1H3,(H2,23,24,25);1H. The highest BCUT2D eigenvalue weighted by molar-refractivity contribution is 14.0. The molecule has 144 valence electrons. The molecule has 3 unspecified atom stereocenters. The lowest BCUT2D eigenvalue weighted by atomic mass is 10.0. The summed E-state index contributed by atoms with van der Waals surface area (Å²) >= 11 is 0. The number of nitrogens with zero attached hydrogens (tertiary/aromatic N) is 1. The summed E-state index contributed by atoms with van der Waals surface area (Å²) in [6.07, 6.45) is 2.20. The van der Waals surface area contributed by atoms with Crippen molar-refractivity contribution in [3.63, 3.8) is 0 Å². The molecule has 1 aliphatic heterocycles. The SMILES string of the molecule is CCNC(=NCC1CC1c1ccccc1)NC1CCOc2ccccc21.I. The van der Waals surface area contributed by atoms with Gasteiger partial charge in [-0.15, -0.1) is 24.0 Å². The Labute approximate surface area is 178 Å². The van der Waals surface area contributed by atoms with Gasteiger partial charge in [0.2, 0.25) is 0 Å². The number of para-hydroxylation sites is 1. The lowest BCUT2D eigenvalue weighted by Crippen LogP contribution is -2.41. The molecule has 0 saturated heterocycles. The van der Waals surface area contributed by atoms with Gasteiger partial charge in [-0.25, -0.2) is 0 Å². The van der Waals surface area contributed by atoms with Crippen LogP contribution in [0.3, 0.4) is 0 Å². The van der Waals surface area contributed by atoms with Gasteiger partial charge in [0, 0.05) is 25.1 Å². The molecule has 1 heterocycles. The van der Waals surface area contributed by atoms with E-state index in [4.69, 9.17) is 9.73 Å². The van der Waals surface area contributed by atoms with E-state index in [0.717, 1.165) is 37.8 Å². The van der Waals surface area contributed by atoms with Crippen LogP contribution in [0.25, 0.3) is 0 Å². The van der Waals surface area contributed by atoms with Gasteiger partial charge in [-0.05, 0) is 36.8 Å². The molecule has 27 heavy (non-hydrogen) atoms. The quantitative estimate of drug-likeness (QED) is 0.379. The van der Waals surface area contributed by atoms with E-state index in [1.54, 1.807) is 0 Å². The fourth-order valence-electron chi connectivity index (χ4n) is 3.74. The molecule has 0 bridgehead atoms. The summed E-state index contributed by atoms with van der Waals surface area (Å²) in [7, 11) is 0. The number of ether oxygens (including phenoxy) is 1. The van der Waals surface area contributed by atoms with Crippen LogP contribution in [0, 0.1) is 5.92 Å². The van der Waals surface area contributed by atoms with E-state index in [1.165, 1.54) is 17.5 Å². The lowest BCUT2D eigenvalue weighted by Gasteiger charge is -2.28. The average Bonchev–Trinajstić information content (AvgIpc) is 3.47. The molecule has 2 N–H and O–H groups in total. The molecule has 0 aromatic heterocycles. The van der Waals surface area contributed by atoms with Gasteiger partial charge in [-0.2, -0.15) is 0 Å². The first kappa shape index (κ1) is 20.0. The first-order valence-electron chi connectivity index (χ1n) is 9.66. The van der Waals surface area contributed by atoms with Crippen LogP contribution < -0.4 is 15.4 Å². The number of hydrogen-bond donors (Lipinski definition) is 2. The average molecular weight is 477 g/mol. The maximum absolute atomic E-state index is 5.77. The molecule has 2 aliphatic rings. The molecule has 3 atom stereocenters. The fraction of sp³-hybridized carbons (Fsp3) is 0.409. The summed E-state index contributed by atoms with van der Waals surface area (Å²) in [6.45, 7) is 4.59. The number of benzene rings is 2. The summed E-state index contributed by atoms with van der Waals surface area (Å²) in [6, 6.07) is 19.3. The molecule has 4 nitrogen and oxygen atoms in total. The topological polar surface area (TPSA) is 45.7 Å². The molecule has 1 fully saturated rings. The summed E-state index contributed by atoms with van der Waals surface area (Å²) in [5.41, 5.74) is 2.67. The first-order valence-corrected chi connectivity index (χ1v) is 9.66. The van der Waals surface area contributed by atoms with Gasteiger partial charge in [0.15, 0.2) is 5.96 Å². The third kappa shape index (κ3) is 4.94. The molecular weight excluding hydrogens is 449 g/mol. The predicted octanol–water partition coefficient (Wildman–Crippen LogP) is 4.49. The molecule has 2 aromatic carbocycles. The van der Waals surface area contributed by atoms with Crippen molar-refractivity contribution >= 4 is 29.9 Å². The maximum atomic E-state index is 5.77. The van der Waals surface area contributed by atoms with E-state index in [9.17, 15) is 0 Å². The largest absolute Gasteiger partial charge is 0.493 e. The molecule has 2 aromatic rings. The molecular formula is C22H28IN3O. The smallest absolute Gasteiger partial charge is 0.191 e. The molecule has 0 spiro atoms. The van der Waals surface area contributed by atoms with Crippen molar-refractivity contribution in [2.24, 2.45) is 10.9 Å². The molecule has 1 saturated carbocycles. The van der Waals surface area contributed by atoms with E-state index in [0.29, 0.717) is 11.8 Å². The minimum Gasteiger partial charge on any atom is -0.493 e. The number of nitrogens with one attached hydrogen (secondary N) is 2. The molecule has 0 amide bonds. The zero-order chi connectivity index (χ0) is 17.8. The summed E-state index contributed by atoms with van der Waals surface area (Å²) in [5.74, 6) is 3.23. The highest BCUT2D eigenvalue weighted by Gasteiger charge is 2.37. The van der Waals surface area contributed by atoms with Crippen molar-refractivity contribution < 1.29 is 4.74 Å². The van der Waals surface area contributed by atoms with E-state index >= 15 is 0 Å². The van der Waals surface area contributed by atoms with Crippen LogP contribution in [0.1, 0.15) is 42.9 Å². The Morgan fingerprint density at radius 1 is 1.11 bits per heavy atom. The Morgan fingerprint density at radius 3 is 2.70 bits per heavy atom. The van der Waals surface area contributed by atoms with Crippen LogP contribution in [0.5, 0.6) is 5.75 Å². The van der Waals surface area contributed by atoms with Gasteiger partial charge in [-0.3, -0.25) is 4.99 Å². The monoisotopic (exact) mass is 477 g/mol. The number of hydrogen-bond acceptors (Lipinski definition) is 2. The third-order valence-corrected chi connectivity index (χ3v) is 5.25. The zero-order valence-corrected chi connectivity index (χ0v) is 18.1. The molecule has 1 aliphatic carbocycles. The number of fused-ring (bicyclic) bond motifs is 1. The number of halogens is 1. The zero-order valence-electron chi connectivity index (χ0n) is 15.7. The Bertz CT molecular complexity index is 765. The number of aliphatic imine (C=N–C) groups is 1. The maximum Gasteiger partial charge on any atom is 0.191 e. The second-order valence-electron chi connectivity index (χ2n) is 7.10. The van der Waals surface area contributed by atoms with E-state index in [1.807, 2.05) is 12.1 Å². The number of rotatable bonds is 5. The number of guanidine groups is 1. The van der Waals surface area contributed by atoms with E-state index < -0.39 is 0 Å². The van der Waals surface area contributed by atoms with Gasteiger partial charge in [0.1, 0.15) is 5.75 Å². The van der Waals surface area contributed by atoms with Gasteiger partial charge in [0.25, 0.3) is 0 Å². The van der Waals surface area contributed by atoms with Gasteiger partial charge in [0.05, 0.1) is 12.6 Å². The molecule has 0 radical (unpaired) electrons. The van der Waals surface area contributed by atoms with Crippen LogP contribution >= 0.6 is 24.0 Å². The van der Waals surface area contributed by atoms with Crippen LogP contribution in [0.2, 0.25) is 0 Å². The van der Waals surface area contributed by atoms with Crippen molar-refractivity contribution in [1.82, 2.24) is 10.6 Å². The third-order valence-electron chi connectivity index (χ3n) is 5.25. The van der Waals surface area contributed by atoms with Crippen LogP contribution in [-0.2, 0) is 0 Å². The van der Waals surface area contributed by atoms with Crippen LogP contribution in [0.4, 0.5) is 0 Å². The molecule has 4 rings (SSSR count). The minimum atomic E-state index is 0. The summed E-state index contributed by atoms with van der Waals surface area (Å²) in [4.78, 5) is 4.87. The Balaban J connectivity index is 0.00000210. The highest BCUT2D eigenvalue weighted by Crippen LogP contribution is 2.47.